The van der Waals surface area contributed by atoms with Crippen molar-refractivity contribution in [3.8, 4) is 0 Å². The van der Waals surface area contributed by atoms with Gasteiger partial charge in [-0.25, -0.2) is 9.78 Å². The maximum atomic E-state index is 12.6. The quantitative estimate of drug-likeness (QED) is 0.242. The summed E-state index contributed by atoms with van der Waals surface area (Å²) in [6, 6.07) is 14.9. The molecule has 1 aliphatic rings. The molecule has 0 radical (unpaired) electrons. The summed E-state index contributed by atoms with van der Waals surface area (Å²) in [4.78, 5) is 41.6. The molecule has 3 N–H and O–H groups in total. The van der Waals surface area contributed by atoms with Gasteiger partial charge < -0.3 is 15.7 Å². The first-order chi connectivity index (χ1) is 18.8. The van der Waals surface area contributed by atoms with Crippen LogP contribution in [-0.4, -0.2) is 40.3 Å². The van der Waals surface area contributed by atoms with Crippen LogP contribution < -0.4 is 10.6 Å². The Morgan fingerprint density at radius 2 is 1.69 bits per heavy atom. The normalized spacial score (nSPS) is 13.2. The molecule has 0 bridgehead atoms. The van der Waals surface area contributed by atoms with Crippen molar-refractivity contribution in [1.82, 2.24) is 10.3 Å². The van der Waals surface area contributed by atoms with E-state index in [1.54, 1.807) is 18.2 Å². The molecule has 0 saturated carbocycles. The second-order valence-electron chi connectivity index (χ2n) is 9.74. The Hall–Kier alpha value is -3.42. The summed E-state index contributed by atoms with van der Waals surface area (Å²) in [5, 5.41) is 15.8. The minimum absolute atomic E-state index is 0.0388. The average molecular weight is 569 g/mol. The zero-order valence-electron chi connectivity index (χ0n) is 21.5. The van der Waals surface area contributed by atoms with E-state index in [0.29, 0.717) is 12.8 Å². The van der Waals surface area contributed by atoms with Gasteiger partial charge in [-0.15, -0.1) is 0 Å². The Morgan fingerprint density at radius 3 is 2.41 bits per heavy atom. The van der Waals surface area contributed by atoms with Crippen LogP contribution in [0.4, 0.5) is 5.82 Å². The van der Waals surface area contributed by atoms with Gasteiger partial charge in [0.25, 0.3) is 5.91 Å². The van der Waals surface area contributed by atoms with Crippen molar-refractivity contribution < 1.29 is 19.5 Å². The number of unbranched alkanes of at least 4 members (excludes halogenated alkanes) is 1. The highest BCUT2D eigenvalue weighted by molar-refractivity contribution is 6.39. The minimum Gasteiger partial charge on any atom is -0.480 e. The smallest absolute Gasteiger partial charge is 0.326 e. The molecule has 1 amide bonds. The molecule has 2 heterocycles. The number of aryl methyl sites for hydroxylation is 2. The van der Waals surface area contributed by atoms with E-state index in [9.17, 15) is 19.5 Å². The van der Waals surface area contributed by atoms with Crippen molar-refractivity contribution in [3.63, 3.8) is 0 Å². The fourth-order valence-electron chi connectivity index (χ4n) is 4.63. The van der Waals surface area contributed by atoms with Crippen molar-refractivity contribution in [2.45, 2.75) is 57.4 Å². The number of fused-ring (bicyclic) bond motifs is 1. The van der Waals surface area contributed by atoms with Gasteiger partial charge in [-0.3, -0.25) is 9.59 Å². The van der Waals surface area contributed by atoms with Crippen LogP contribution in [0.3, 0.4) is 0 Å². The third-order valence-electron chi connectivity index (χ3n) is 6.75. The molecule has 1 aliphatic heterocycles. The minimum atomic E-state index is -1.17. The molecular formula is C30H31Cl2N3O4. The number of anilines is 1. The lowest BCUT2D eigenvalue weighted by Crippen LogP contribution is -2.42. The van der Waals surface area contributed by atoms with Crippen molar-refractivity contribution in [2.24, 2.45) is 0 Å². The van der Waals surface area contributed by atoms with E-state index in [2.05, 4.69) is 22.8 Å². The largest absolute Gasteiger partial charge is 0.480 e. The van der Waals surface area contributed by atoms with Crippen LogP contribution in [0, 0.1) is 0 Å². The summed E-state index contributed by atoms with van der Waals surface area (Å²) in [5.41, 5.74) is 3.95. The predicted octanol–water partition coefficient (Wildman–Crippen LogP) is 5.70. The number of aromatic nitrogens is 1. The summed E-state index contributed by atoms with van der Waals surface area (Å²) >= 11 is 12.1. The number of carboxylic acids is 1. The van der Waals surface area contributed by atoms with Crippen LogP contribution in [0.2, 0.25) is 10.0 Å². The summed E-state index contributed by atoms with van der Waals surface area (Å²) in [6.45, 7) is 0.967. The maximum Gasteiger partial charge on any atom is 0.326 e. The highest BCUT2D eigenvalue weighted by atomic mass is 35.5. The van der Waals surface area contributed by atoms with E-state index < -0.39 is 17.9 Å². The Balaban J connectivity index is 1.23. The standard InChI is InChI=1S/C30H31Cl2N3O4/c31-24-8-3-9-25(32)27(24)29(37)35-26(30(38)39)18-20-12-10-19(11-13-20)17-23(36)7-2-1-6-22-15-14-21-5-4-16-33-28(21)34-22/h3,8-15,26H,1-2,4-7,16-18H2,(H,33,34)(H,35,37)(H,38,39)/t26-/m0/s1. The second-order valence-corrected chi connectivity index (χ2v) is 10.6. The van der Waals surface area contributed by atoms with Crippen LogP contribution >= 0.6 is 23.2 Å². The highest BCUT2D eigenvalue weighted by Gasteiger charge is 2.24. The first kappa shape index (κ1) is 28.6. The number of halogens is 2. The lowest BCUT2D eigenvalue weighted by Gasteiger charge is -2.17. The number of nitrogens with zero attached hydrogens (tertiary/aromatic N) is 1. The molecule has 4 rings (SSSR count). The van der Waals surface area contributed by atoms with Gasteiger partial charge in [0.15, 0.2) is 0 Å². The molecule has 0 saturated heterocycles. The number of hydrogen-bond acceptors (Lipinski definition) is 5. The zero-order valence-corrected chi connectivity index (χ0v) is 23.0. The number of ketones is 1. The molecule has 39 heavy (non-hydrogen) atoms. The number of Topliss-reactive ketones (excluding diaryl/α,β-unsaturated/α-hetero) is 1. The molecule has 204 valence electrons. The summed E-state index contributed by atoms with van der Waals surface area (Å²) in [6.07, 6.45) is 5.66. The summed E-state index contributed by atoms with van der Waals surface area (Å²) in [7, 11) is 0. The highest BCUT2D eigenvalue weighted by Crippen LogP contribution is 2.24. The van der Waals surface area contributed by atoms with Crippen LogP contribution in [0.5, 0.6) is 0 Å². The van der Waals surface area contributed by atoms with E-state index in [4.69, 9.17) is 28.2 Å². The van der Waals surface area contributed by atoms with Crippen molar-refractivity contribution in [2.75, 3.05) is 11.9 Å². The molecule has 7 nitrogen and oxygen atoms in total. The lowest BCUT2D eigenvalue weighted by molar-refractivity contribution is -0.139. The SMILES string of the molecule is O=C(CCCCc1ccc2c(n1)NCCC2)Cc1ccc(C[C@H](NC(=O)c2c(Cl)cccc2Cl)C(=O)O)cc1. The van der Waals surface area contributed by atoms with E-state index in [0.717, 1.165) is 61.3 Å². The van der Waals surface area contributed by atoms with Gasteiger partial charge in [-0.1, -0.05) is 59.6 Å². The Labute approximate surface area is 237 Å². The molecule has 0 aliphatic carbocycles. The first-order valence-electron chi connectivity index (χ1n) is 13.1. The topological polar surface area (TPSA) is 108 Å². The van der Waals surface area contributed by atoms with Crippen molar-refractivity contribution in [1.29, 1.82) is 0 Å². The predicted molar refractivity (Wildman–Crippen MR) is 153 cm³/mol. The van der Waals surface area contributed by atoms with Crippen molar-refractivity contribution in [3.05, 3.63) is 92.6 Å². The third-order valence-corrected chi connectivity index (χ3v) is 7.38. The van der Waals surface area contributed by atoms with Gasteiger partial charge in [0.05, 0.1) is 15.6 Å². The van der Waals surface area contributed by atoms with E-state index >= 15 is 0 Å². The number of benzene rings is 2. The Morgan fingerprint density at radius 1 is 0.974 bits per heavy atom. The third kappa shape index (κ3) is 8.04. The molecule has 0 spiro atoms. The number of carbonyl (C=O) groups excluding carboxylic acids is 2. The molecule has 2 aromatic carbocycles. The molecule has 0 unspecified atom stereocenters. The second kappa shape index (κ2) is 13.6. The Bertz CT molecular complexity index is 1320. The van der Waals surface area contributed by atoms with Gasteiger partial charge in [0, 0.05) is 31.5 Å². The molecule has 1 aromatic heterocycles. The number of carboxylic acid groups (broad SMARTS) is 1. The fraction of sp³-hybridized carbons (Fsp3) is 0.333. The molecule has 3 aromatic rings. The van der Waals surface area contributed by atoms with Crippen LogP contribution in [0.25, 0.3) is 0 Å². The van der Waals surface area contributed by atoms with Gasteiger partial charge in [-0.05, 0) is 67.0 Å². The van der Waals surface area contributed by atoms with Crippen LogP contribution in [0.1, 0.15) is 58.4 Å². The van der Waals surface area contributed by atoms with Gasteiger partial charge >= 0.3 is 5.97 Å². The van der Waals surface area contributed by atoms with Gasteiger partial charge in [0.1, 0.15) is 17.6 Å². The van der Waals surface area contributed by atoms with Crippen LogP contribution in [-0.2, 0) is 35.3 Å². The summed E-state index contributed by atoms with van der Waals surface area (Å²) < 4.78 is 0. The average Bonchev–Trinajstić information content (AvgIpc) is 2.91. The lowest BCUT2D eigenvalue weighted by atomic mass is 10.00. The molecule has 9 heteroatoms. The number of nitrogens with one attached hydrogen (secondary N) is 2. The van der Waals surface area contributed by atoms with E-state index in [-0.39, 0.29) is 27.8 Å². The number of aliphatic carboxylic acids is 1. The van der Waals surface area contributed by atoms with Gasteiger partial charge in [-0.2, -0.15) is 0 Å². The Kier molecular flexibility index (Phi) is 9.96. The fourth-order valence-corrected chi connectivity index (χ4v) is 5.20. The van der Waals surface area contributed by atoms with E-state index in [1.807, 2.05) is 12.1 Å². The van der Waals surface area contributed by atoms with Gasteiger partial charge in [0.2, 0.25) is 0 Å². The molecule has 1 atom stereocenters. The number of rotatable bonds is 12. The molecular weight excluding hydrogens is 537 g/mol. The van der Waals surface area contributed by atoms with Crippen LogP contribution in [0.15, 0.2) is 54.6 Å². The number of amides is 1. The zero-order chi connectivity index (χ0) is 27.8. The van der Waals surface area contributed by atoms with E-state index in [1.165, 1.54) is 17.7 Å². The number of hydrogen-bond donors (Lipinski definition) is 3. The number of carbonyl (C=O) groups is 3. The summed E-state index contributed by atoms with van der Waals surface area (Å²) in [5.74, 6) is -0.664. The monoisotopic (exact) mass is 567 g/mol. The molecule has 0 fully saturated rings. The number of pyridine rings is 1. The maximum absolute atomic E-state index is 12.6. The van der Waals surface area contributed by atoms with Crippen molar-refractivity contribution >= 4 is 46.7 Å². The first-order valence-corrected chi connectivity index (χ1v) is 13.9.